The molecule has 0 aliphatic heterocycles. The lowest BCUT2D eigenvalue weighted by Gasteiger charge is -2.35. The Morgan fingerprint density at radius 2 is 1.84 bits per heavy atom. The third kappa shape index (κ3) is 5.91. The first kappa shape index (κ1) is 16.4. The zero-order valence-corrected chi connectivity index (χ0v) is 13.4. The summed E-state index contributed by atoms with van der Waals surface area (Å²) in [4.78, 5) is 14.4. The maximum atomic E-state index is 12.2. The van der Waals surface area contributed by atoms with Crippen molar-refractivity contribution >= 4 is 5.97 Å². The number of rotatable bonds is 7. The minimum absolute atomic E-state index is 0.136. The Hall–Kier alpha value is -0.610. The molecule has 0 heterocycles. The second kappa shape index (κ2) is 6.23. The van der Waals surface area contributed by atoms with Gasteiger partial charge in [0.25, 0.3) is 0 Å². The van der Waals surface area contributed by atoms with E-state index in [2.05, 4.69) is 38.0 Å². The summed E-state index contributed by atoms with van der Waals surface area (Å²) in [5.41, 5.74) is -0.374. The third-order valence-corrected chi connectivity index (χ3v) is 3.16. The van der Waals surface area contributed by atoms with Crippen LogP contribution in [0, 0.1) is 5.41 Å². The predicted octanol–water partition coefficient (Wildman–Crippen LogP) is 2.04. The SMILES string of the molecule is CCOC(=O)C(C)(CN(C)CC(C)(C)C)NC1CC1. The maximum Gasteiger partial charge on any atom is 0.327 e. The van der Waals surface area contributed by atoms with Crippen molar-refractivity contribution in [3.05, 3.63) is 0 Å². The molecule has 1 aliphatic carbocycles. The van der Waals surface area contributed by atoms with E-state index < -0.39 is 5.54 Å². The van der Waals surface area contributed by atoms with Crippen molar-refractivity contribution in [2.45, 2.75) is 59.0 Å². The zero-order chi connectivity index (χ0) is 14.7. The van der Waals surface area contributed by atoms with E-state index in [0.29, 0.717) is 19.2 Å². The van der Waals surface area contributed by atoms with E-state index in [1.54, 1.807) is 0 Å². The van der Waals surface area contributed by atoms with Gasteiger partial charge in [0.1, 0.15) is 5.54 Å². The van der Waals surface area contributed by atoms with Crippen LogP contribution in [0.1, 0.15) is 47.5 Å². The highest BCUT2D eigenvalue weighted by molar-refractivity contribution is 5.80. The molecular formula is C15H30N2O2. The molecule has 1 aliphatic rings. The highest BCUT2D eigenvalue weighted by atomic mass is 16.5. The number of nitrogens with one attached hydrogen (secondary N) is 1. The third-order valence-electron chi connectivity index (χ3n) is 3.16. The van der Waals surface area contributed by atoms with Crippen LogP contribution in [0.25, 0.3) is 0 Å². The number of carbonyl (C=O) groups excluding carboxylic acids is 1. The van der Waals surface area contributed by atoms with E-state index in [1.165, 1.54) is 0 Å². The van der Waals surface area contributed by atoms with Crippen molar-refractivity contribution in [2.75, 3.05) is 26.7 Å². The fourth-order valence-corrected chi connectivity index (χ4v) is 2.54. The molecule has 0 bridgehead atoms. The van der Waals surface area contributed by atoms with Crippen LogP contribution in [-0.2, 0) is 9.53 Å². The van der Waals surface area contributed by atoms with Gasteiger partial charge in [0.05, 0.1) is 6.61 Å². The number of carbonyl (C=O) groups is 1. The number of likely N-dealkylation sites (N-methyl/N-ethyl adjacent to an activating group) is 1. The molecular weight excluding hydrogens is 240 g/mol. The van der Waals surface area contributed by atoms with E-state index in [1.807, 2.05) is 13.8 Å². The summed E-state index contributed by atoms with van der Waals surface area (Å²) in [6.07, 6.45) is 2.33. The molecule has 0 aromatic heterocycles. The molecule has 4 heteroatoms. The van der Waals surface area contributed by atoms with E-state index in [0.717, 1.165) is 19.4 Å². The first-order chi connectivity index (χ1) is 8.66. The number of nitrogens with zero attached hydrogens (tertiary/aromatic N) is 1. The fraction of sp³-hybridized carbons (Fsp3) is 0.933. The molecule has 1 unspecified atom stereocenters. The van der Waals surface area contributed by atoms with Crippen molar-refractivity contribution in [1.82, 2.24) is 10.2 Å². The average Bonchev–Trinajstić information content (AvgIpc) is 2.98. The smallest absolute Gasteiger partial charge is 0.327 e. The van der Waals surface area contributed by atoms with Gasteiger partial charge in [-0.25, -0.2) is 0 Å². The fourth-order valence-electron chi connectivity index (χ4n) is 2.54. The topological polar surface area (TPSA) is 41.6 Å². The van der Waals surface area contributed by atoms with Crippen LogP contribution in [0.2, 0.25) is 0 Å². The minimum Gasteiger partial charge on any atom is -0.465 e. The quantitative estimate of drug-likeness (QED) is 0.719. The van der Waals surface area contributed by atoms with Crippen molar-refractivity contribution in [3.8, 4) is 0 Å². The summed E-state index contributed by atoms with van der Waals surface area (Å²) in [5.74, 6) is -0.136. The molecule has 0 aromatic carbocycles. The van der Waals surface area contributed by atoms with Gasteiger partial charge in [-0.2, -0.15) is 0 Å². The molecule has 1 N–H and O–H groups in total. The molecule has 1 fully saturated rings. The van der Waals surface area contributed by atoms with Crippen LogP contribution in [-0.4, -0.2) is 49.2 Å². The minimum atomic E-state index is -0.600. The molecule has 0 amide bonds. The molecule has 0 saturated heterocycles. The van der Waals surface area contributed by atoms with Gasteiger partial charge in [0.15, 0.2) is 0 Å². The highest BCUT2D eigenvalue weighted by Gasteiger charge is 2.40. The van der Waals surface area contributed by atoms with Crippen molar-refractivity contribution in [3.63, 3.8) is 0 Å². The summed E-state index contributed by atoms with van der Waals surface area (Å²) in [6, 6.07) is 0.484. The monoisotopic (exact) mass is 270 g/mol. The van der Waals surface area contributed by atoms with Gasteiger partial charge in [0, 0.05) is 19.1 Å². The Morgan fingerprint density at radius 1 is 1.26 bits per heavy atom. The van der Waals surface area contributed by atoms with Crippen molar-refractivity contribution < 1.29 is 9.53 Å². The summed E-state index contributed by atoms with van der Waals surface area (Å²) in [6.45, 7) is 12.5. The Bertz CT molecular complexity index is 308. The second-order valence-electron chi connectivity index (χ2n) is 7.20. The lowest BCUT2D eigenvalue weighted by molar-refractivity contribution is -0.151. The average molecular weight is 270 g/mol. The van der Waals surface area contributed by atoms with Crippen LogP contribution >= 0.6 is 0 Å². The van der Waals surface area contributed by atoms with Gasteiger partial charge in [-0.05, 0) is 39.2 Å². The van der Waals surface area contributed by atoms with Gasteiger partial charge < -0.3 is 9.64 Å². The van der Waals surface area contributed by atoms with Crippen molar-refractivity contribution in [1.29, 1.82) is 0 Å². The molecule has 0 spiro atoms. The second-order valence-corrected chi connectivity index (χ2v) is 7.20. The zero-order valence-electron chi connectivity index (χ0n) is 13.4. The number of ether oxygens (including phenoxy) is 1. The van der Waals surface area contributed by atoms with Gasteiger partial charge in [0.2, 0.25) is 0 Å². The Kier molecular flexibility index (Phi) is 5.39. The van der Waals surface area contributed by atoms with E-state index in [4.69, 9.17) is 4.74 Å². The molecule has 0 radical (unpaired) electrons. The highest BCUT2D eigenvalue weighted by Crippen LogP contribution is 2.24. The Morgan fingerprint density at radius 3 is 2.26 bits per heavy atom. The molecule has 1 saturated carbocycles. The van der Waals surface area contributed by atoms with Gasteiger partial charge in [-0.3, -0.25) is 10.1 Å². The van der Waals surface area contributed by atoms with Crippen LogP contribution in [0.15, 0.2) is 0 Å². The first-order valence-electron chi connectivity index (χ1n) is 7.30. The maximum absolute atomic E-state index is 12.2. The van der Waals surface area contributed by atoms with E-state index >= 15 is 0 Å². The molecule has 1 rings (SSSR count). The predicted molar refractivity (Wildman–Crippen MR) is 78.1 cm³/mol. The summed E-state index contributed by atoms with van der Waals surface area (Å²) in [5, 5.41) is 3.45. The van der Waals surface area contributed by atoms with Crippen LogP contribution in [0.5, 0.6) is 0 Å². The van der Waals surface area contributed by atoms with Crippen LogP contribution < -0.4 is 5.32 Å². The number of hydrogen-bond acceptors (Lipinski definition) is 4. The van der Waals surface area contributed by atoms with Gasteiger partial charge in [-0.15, -0.1) is 0 Å². The van der Waals surface area contributed by atoms with Crippen LogP contribution in [0.3, 0.4) is 0 Å². The Balaban J connectivity index is 2.64. The lowest BCUT2D eigenvalue weighted by atomic mass is 9.94. The largest absolute Gasteiger partial charge is 0.465 e. The molecule has 4 nitrogen and oxygen atoms in total. The molecule has 112 valence electrons. The van der Waals surface area contributed by atoms with Gasteiger partial charge >= 0.3 is 5.97 Å². The van der Waals surface area contributed by atoms with E-state index in [9.17, 15) is 4.79 Å². The summed E-state index contributed by atoms with van der Waals surface area (Å²) in [7, 11) is 2.07. The number of esters is 1. The Labute approximate surface area is 117 Å². The standard InChI is InChI=1S/C15H30N2O2/c1-7-19-13(18)15(5,16-12-8-9-12)11-17(6)10-14(2,3)4/h12,16H,7-11H2,1-6H3. The normalized spacial score (nSPS) is 19.3. The van der Waals surface area contributed by atoms with Gasteiger partial charge in [-0.1, -0.05) is 20.8 Å². The van der Waals surface area contributed by atoms with Crippen molar-refractivity contribution in [2.24, 2.45) is 5.41 Å². The van der Waals surface area contributed by atoms with Crippen LogP contribution in [0.4, 0.5) is 0 Å². The first-order valence-corrected chi connectivity index (χ1v) is 7.30. The summed E-state index contributed by atoms with van der Waals surface area (Å²) >= 11 is 0. The molecule has 0 aromatic rings. The summed E-state index contributed by atoms with van der Waals surface area (Å²) < 4.78 is 5.24. The molecule has 19 heavy (non-hydrogen) atoms. The lowest BCUT2D eigenvalue weighted by Crippen LogP contribution is -2.58. The number of hydrogen-bond donors (Lipinski definition) is 1. The van der Waals surface area contributed by atoms with E-state index in [-0.39, 0.29) is 11.4 Å². The molecule has 1 atom stereocenters.